The van der Waals surface area contributed by atoms with Crippen LogP contribution in [0.4, 0.5) is 5.69 Å². The topological polar surface area (TPSA) is 86.7 Å². The molecular weight excluding hydrogens is 368 g/mol. The van der Waals surface area contributed by atoms with E-state index in [1.54, 1.807) is 36.2 Å². The predicted molar refractivity (Wildman–Crippen MR) is 111 cm³/mol. The third-order valence-electron chi connectivity index (χ3n) is 5.13. The van der Waals surface area contributed by atoms with Crippen molar-refractivity contribution in [2.45, 2.75) is 38.1 Å². The fourth-order valence-electron chi connectivity index (χ4n) is 3.37. The Hall–Kier alpha value is -3.15. The Bertz CT molecular complexity index is 877. The highest BCUT2D eigenvalue weighted by atomic mass is 16.4. The zero-order valence-electron chi connectivity index (χ0n) is 16.5. The molecule has 2 aromatic rings. The van der Waals surface area contributed by atoms with Gasteiger partial charge in [-0.2, -0.15) is 0 Å². The van der Waals surface area contributed by atoms with Gasteiger partial charge in [0.2, 0.25) is 5.91 Å². The van der Waals surface area contributed by atoms with E-state index in [0.717, 1.165) is 18.4 Å². The molecule has 6 heteroatoms. The number of aliphatic carboxylic acids is 1. The standard InChI is InChI=1S/C23H26N2O4/c1-25(23(29)17-11-12-17)20-10-6-5-9-19(20)22(28)24-18(13-14-21(26)27)15-16-7-3-2-4-8-16/h2-10,17-18H,11-15H2,1H3,(H,24,28)(H,26,27). The first-order chi connectivity index (χ1) is 14.0. The van der Waals surface area contributed by atoms with Gasteiger partial charge in [0.1, 0.15) is 0 Å². The summed E-state index contributed by atoms with van der Waals surface area (Å²) in [5.41, 5.74) is 2.01. The van der Waals surface area contributed by atoms with Gasteiger partial charge in [-0.05, 0) is 43.4 Å². The maximum absolute atomic E-state index is 13.0. The van der Waals surface area contributed by atoms with Gasteiger partial charge in [-0.3, -0.25) is 14.4 Å². The van der Waals surface area contributed by atoms with Crippen LogP contribution in [0.1, 0.15) is 41.6 Å². The smallest absolute Gasteiger partial charge is 0.303 e. The van der Waals surface area contributed by atoms with E-state index in [1.807, 2.05) is 30.3 Å². The summed E-state index contributed by atoms with van der Waals surface area (Å²) in [6.45, 7) is 0. The Morgan fingerprint density at radius 1 is 1.07 bits per heavy atom. The van der Waals surface area contributed by atoms with Crippen LogP contribution in [0, 0.1) is 5.92 Å². The molecule has 1 saturated carbocycles. The van der Waals surface area contributed by atoms with Crippen LogP contribution < -0.4 is 10.2 Å². The molecule has 0 heterocycles. The SMILES string of the molecule is CN(C(=O)C1CC1)c1ccccc1C(=O)NC(CCC(=O)O)Cc1ccccc1. The second-order valence-electron chi connectivity index (χ2n) is 7.48. The van der Waals surface area contributed by atoms with Gasteiger partial charge in [0, 0.05) is 25.4 Å². The second-order valence-corrected chi connectivity index (χ2v) is 7.48. The molecule has 2 aromatic carbocycles. The third kappa shape index (κ3) is 5.67. The highest BCUT2D eigenvalue weighted by Gasteiger charge is 2.33. The van der Waals surface area contributed by atoms with Crippen molar-refractivity contribution in [1.82, 2.24) is 5.32 Å². The molecule has 152 valence electrons. The molecule has 29 heavy (non-hydrogen) atoms. The summed E-state index contributed by atoms with van der Waals surface area (Å²) in [6, 6.07) is 16.4. The van der Waals surface area contributed by atoms with E-state index in [2.05, 4.69) is 5.32 Å². The summed E-state index contributed by atoms with van der Waals surface area (Å²) >= 11 is 0. The van der Waals surface area contributed by atoms with Crippen LogP contribution >= 0.6 is 0 Å². The Balaban J connectivity index is 1.76. The van der Waals surface area contributed by atoms with E-state index < -0.39 is 5.97 Å². The minimum Gasteiger partial charge on any atom is -0.481 e. The minimum absolute atomic E-state index is 0.0250. The van der Waals surface area contributed by atoms with Crippen LogP contribution in [0.5, 0.6) is 0 Å². The number of carboxylic acid groups (broad SMARTS) is 1. The lowest BCUT2D eigenvalue weighted by Crippen LogP contribution is -2.38. The number of hydrogen-bond donors (Lipinski definition) is 2. The molecule has 1 unspecified atom stereocenters. The van der Waals surface area contributed by atoms with Crippen LogP contribution in [0.15, 0.2) is 54.6 Å². The molecule has 2 N–H and O–H groups in total. The Kier molecular flexibility index (Phi) is 6.65. The molecular formula is C23H26N2O4. The van der Waals surface area contributed by atoms with Crippen molar-refractivity contribution in [2.24, 2.45) is 5.92 Å². The second kappa shape index (κ2) is 9.37. The zero-order valence-corrected chi connectivity index (χ0v) is 16.5. The van der Waals surface area contributed by atoms with E-state index in [0.29, 0.717) is 24.1 Å². The summed E-state index contributed by atoms with van der Waals surface area (Å²) in [7, 11) is 1.69. The van der Waals surface area contributed by atoms with Crippen LogP contribution in [0.25, 0.3) is 0 Å². The number of hydrogen-bond acceptors (Lipinski definition) is 3. The monoisotopic (exact) mass is 394 g/mol. The molecule has 0 bridgehead atoms. The van der Waals surface area contributed by atoms with E-state index in [1.165, 1.54) is 0 Å². The van der Waals surface area contributed by atoms with E-state index >= 15 is 0 Å². The van der Waals surface area contributed by atoms with Gasteiger partial charge in [-0.1, -0.05) is 42.5 Å². The number of carboxylic acids is 1. The Morgan fingerprint density at radius 2 is 1.72 bits per heavy atom. The van der Waals surface area contributed by atoms with Crippen LogP contribution in [-0.2, 0) is 16.0 Å². The zero-order chi connectivity index (χ0) is 20.8. The number of anilines is 1. The molecule has 0 saturated heterocycles. The first kappa shape index (κ1) is 20.6. The van der Waals surface area contributed by atoms with Crippen molar-refractivity contribution in [3.05, 3.63) is 65.7 Å². The largest absolute Gasteiger partial charge is 0.481 e. The maximum atomic E-state index is 13.0. The van der Waals surface area contributed by atoms with Crippen molar-refractivity contribution in [1.29, 1.82) is 0 Å². The fourth-order valence-corrected chi connectivity index (χ4v) is 3.37. The minimum atomic E-state index is -0.896. The molecule has 0 aliphatic heterocycles. The van der Waals surface area contributed by atoms with Gasteiger partial charge < -0.3 is 15.3 Å². The number of nitrogens with zero attached hydrogens (tertiary/aromatic N) is 1. The van der Waals surface area contributed by atoms with E-state index in [4.69, 9.17) is 5.11 Å². The number of amides is 2. The fraction of sp³-hybridized carbons (Fsp3) is 0.348. The normalized spacial score (nSPS) is 14.1. The van der Waals surface area contributed by atoms with Gasteiger partial charge in [0.15, 0.2) is 0 Å². The summed E-state index contributed by atoms with van der Waals surface area (Å²) in [5.74, 6) is -1.12. The highest BCUT2D eigenvalue weighted by Crippen LogP contribution is 2.33. The van der Waals surface area contributed by atoms with Gasteiger partial charge in [-0.25, -0.2) is 0 Å². The number of carbonyl (C=O) groups is 3. The van der Waals surface area contributed by atoms with Crippen molar-refractivity contribution >= 4 is 23.5 Å². The van der Waals surface area contributed by atoms with Crippen molar-refractivity contribution in [3.63, 3.8) is 0 Å². The highest BCUT2D eigenvalue weighted by molar-refractivity contribution is 6.05. The summed E-state index contributed by atoms with van der Waals surface area (Å²) in [6.07, 6.45) is 2.63. The third-order valence-corrected chi connectivity index (χ3v) is 5.13. The molecule has 2 amide bonds. The molecule has 3 rings (SSSR count). The average Bonchev–Trinajstić information content (AvgIpc) is 3.57. The maximum Gasteiger partial charge on any atom is 0.303 e. The molecule has 0 spiro atoms. The molecule has 1 aliphatic rings. The number of para-hydroxylation sites is 1. The summed E-state index contributed by atoms with van der Waals surface area (Å²) in [4.78, 5) is 38.1. The van der Waals surface area contributed by atoms with Crippen molar-refractivity contribution in [3.8, 4) is 0 Å². The summed E-state index contributed by atoms with van der Waals surface area (Å²) < 4.78 is 0. The average molecular weight is 394 g/mol. The first-order valence-electron chi connectivity index (χ1n) is 9.89. The predicted octanol–water partition coefficient (Wildman–Crippen LogP) is 3.27. The molecule has 0 aromatic heterocycles. The molecule has 1 atom stereocenters. The molecule has 1 fully saturated rings. The van der Waals surface area contributed by atoms with Gasteiger partial charge in [0.25, 0.3) is 5.91 Å². The van der Waals surface area contributed by atoms with Gasteiger partial charge in [0.05, 0.1) is 11.3 Å². The van der Waals surface area contributed by atoms with E-state index in [9.17, 15) is 14.4 Å². The number of benzene rings is 2. The first-order valence-corrected chi connectivity index (χ1v) is 9.89. The number of carbonyl (C=O) groups excluding carboxylic acids is 2. The Morgan fingerprint density at radius 3 is 2.38 bits per heavy atom. The molecule has 0 radical (unpaired) electrons. The lowest BCUT2D eigenvalue weighted by atomic mass is 10.0. The van der Waals surface area contributed by atoms with Gasteiger partial charge >= 0.3 is 5.97 Å². The number of nitrogens with one attached hydrogen (secondary N) is 1. The van der Waals surface area contributed by atoms with Crippen LogP contribution in [0.2, 0.25) is 0 Å². The lowest BCUT2D eigenvalue weighted by Gasteiger charge is -2.23. The van der Waals surface area contributed by atoms with Crippen molar-refractivity contribution < 1.29 is 19.5 Å². The van der Waals surface area contributed by atoms with E-state index in [-0.39, 0.29) is 30.2 Å². The molecule has 1 aliphatic carbocycles. The quantitative estimate of drug-likeness (QED) is 0.683. The van der Waals surface area contributed by atoms with Gasteiger partial charge in [-0.15, -0.1) is 0 Å². The van der Waals surface area contributed by atoms with Crippen LogP contribution in [-0.4, -0.2) is 36.0 Å². The Labute approximate surface area is 170 Å². The lowest BCUT2D eigenvalue weighted by molar-refractivity contribution is -0.137. The summed E-state index contributed by atoms with van der Waals surface area (Å²) in [5, 5.41) is 12.0. The number of rotatable bonds is 9. The van der Waals surface area contributed by atoms with Crippen molar-refractivity contribution in [2.75, 3.05) is 11.9 Å². The van der Waals surface area contributed by atoms with Crippen LogP contribution in [0.3, 0.4) is 0 Å². The molecule has 6 nitrogen and oxygen atoms in total.